The Morgan fingerprint density at radius 3 is 2.75 bits per heavy atom. The lowest BCUT2D eigenvalue weighted by Crippen LogP contribution is -2.34. The van der Waals surface area contributed by atoms with Crippen LogP contribution in [0.15, 0.2) is 18.2 Å². The first kappa shape index (κ1) is 12.6. The van der Waals surface area contributed by atoms with Gasteiger partial charge in [-0.3, -0.25) is 4.79 Å². The van der Waals surface area contributed by atoms with Crippen LogP contribution < -0.4 is 11.1 Å². The molecular weight excluding hydrogens is 207 g/mol. The molecule has 1 aromatic rings. The van der Waals surface area contributed by atoms with E-state index in [4.69, 9.17) is 5.73 Å². The Morgan fingerprint density at radius 1 is 1.56 bits per heavy atom. The van der Waals surface area contributed by atoms with Gasteiger partial charge in [-0.2, -0.15) is 0 Å². The number of benzene rings is 1. The van der Waals surface area contributed by atoms with Gasteiger partial charge in [0, 0.05) is 0 Å². The van der Waals surface area contributed by atoms with Gasteiger partial charge in [-0.05, 0) is 37.1 Å². The van der Waals surface area contributed by atoms with Crippen LogP contribution in [0.1, 0.15) is 30.5 Å². The second kappa shape index (κ2) is 5.61. The van der Waals surface area contributed by atoms with Crippen molar-refractivity contribution in [2.24, 2.45) is 5.73 Å². The zero-order chi connectivity index (χ0) is 12.1. The van der Waals surface area contributed by atoms with Gasteiger partial charge in [0.2, 0.25) is 5.91 Å². The largest absolute Gasteiger partial charge is 0.368 e. The Kier molecular flexibility index (Phi) is 4.43. The summed E-state index contributed by atoms with van der Waals surface area (Å²) >= 11 is 0. The summed E-state index contributed by atoms with van der Waals surface area (Å²) in [6.45, 7) is 4.34. The number of carbonyl (C=O) groups excluding carboxylic acids is 1. The van der Waals surface area contributed by atoms with E-state index < -0.39 is 11.9 Å². The molecule has 88 valence electrons. The minimum atomic E-state index is -0.616. The highest BCUT2D eigenvalue weighted by molar-refractivity contribution is 5.81. The van der Waals surface area contributed by atoms with Crippen molar-refractivity contribution < 1.29 is 9.18 Å². The second-order valence-electron chi connectivity index (χ2n) is 3.80. The van der Waals surface area contributed by atoms with E-state index in [2.05, 4.69) is 5.32 Å². The number of carbonyl (C=O) groups is 1. The maximum absolute atomic E-state index is 13.3. The first-order valence-electron chi connectivity index (χ1n) is 5.35. The number of nitrogens with one attached hydrogen (secondary N) is 1. The molecule has 0 radical (unpaired) electrons. The second-order valence-corrected chi connectivity index (χ2v) is 3.80. The van der Waals surface area contributed by atoms with Crippen LogP contribution in [0.4, 0.5) is 4.39 Å². The van der Waals surface area contributed by atoms with Crippen molar-refractivity contribution in [3.8, 4) is 0 Å². The van der Waals surface area contributed by atoms with Crippen molar-refractivity contribution in [2.45, 2.75) is 26.3 Å². The zero-order valence-corrected chi connectivity index (χ0v) is 9.59. The van der Waals surface area contributed by atoms with E-state index in [1.165, 1.54) is 6.07 Å². The van der Waals surface area contributed by atoms with Crippen LogP contribution in [0.2, 0.25) is 0 Å². The topological polar surface area (TPSA) is 55.1 Å². The molecule has 0 aromatic heterocycles. The Bertz CT molecular complexity index is 379. The summed E-state index contributed by atoms with van der Waals surface area (Å²) in [5, 5.41) is 2.99. The molecule has 0 bridgehead atoms. The molecule has 1 amide bonds. The first-order chi connectivity index (χ1) is 7.56. The minimum Gasteiger partial charge on any atom is -0.368 e. The number of primary amides is 1. The Morgan fingerprint density at radius 2 is 2.25 bits per heavy atom. The predicted octanol–water partition coefficient (Wildman–Crippen LogP) is 1.66. The molecule has 0 aliphatic carbocycles. The molecule has 16 heavy (non-hydrogen) atoms. The van der Waals surface area contributed by atoms with Crippen LogP contribution in [0.5, 0.6) is 0 Å². The zero-order valence-electron chi connectivity index (χ0n) is 9.59. The third-order valence-electron chi connectivity index (χ3n) is 2.41. The fraction of sp³-hybridized carbons (Fsp3) is 0.417. The maximum atomic E-state index is 13.3. The normalized spacial score (nSPS) is 12.4. The lowest BCUT2D eigenvalue weighted by molar-refractivity contribution is -0.120. The molecule has 1 unspecified atom stereocenters. The predicted molar refractivity (Wildman–Crippen MR) is 61.4 cm³/mol. The van der Waals surface area contributed by atoms with Crippen LogP contribution in [-0.2, 0) is 4.79 Å². The first-order valence-corrected chi connectivity index (χ1v) is 5.35. The molecule has 0 spiro atoms. The maximum Gasteiger partial charge on any atom is 0.239 e. The molecule has 4 heteroatoms. The van der Waals surface area contributed by atoms with E-state index in [-0.39, 0.29) is 5.82 Å². The molecule has 0 aliphatic rings. The highest BCUT2D eigenvalue weighted by Gasteiger charge is 2.17. The molecule has 0 aliphatic heterocycles. The van der Waals surface area contributed by atoms with Crippen LogP contribution in [0.3, 0.4) is 0 Å². The van der Waals surface area contributed by atoms with Crippen LogP contribution in [0, 0.1) is 12.7 Å². The van der Waals surface area contributed by atoms with E-state index >= 15 is 0 Å². The number of nitrogens with two attached hydrogens (primary N) is 1. The van der Waals surface area contributed by atoms with Gasteiger partial charge >= 0.3 is 0 Å². The van der Waals surface area contributed by atoms with E-state index in [0.717, 1.165) is 6.42 Å². The van der Waals surface area contributed by atoms with Crippen molar-refractivity contribution >= 4 is 5.91 Å². The number of halogens is 1. The van der Waals surface area contributed by atoms with E-state index in [1.807, 2.05) is 6.92 Å². The van der Waals surface area contributed by atoms with Crippen molar-refractivity contribution in [1.29, 1.82) is 0 Å². The molecule has 3 N–H and O–H groups in total. The van der Waals surface area contributed by atoms with Gasteiger partial charge in [-0.1, -0.05) is 19.1 Å². The summed E-state index contributed by atoms with van der Waals surface area (Å²) in [4.78, 5) is 11.2. The summed E-state index contributed by atoms with van der Waals surface area (Å²) < 4.78 is 13.3. The smallest absolute Gasteiger partial charge is 0.239 e. The quantitative estimate of drug-likeness (QED) is 0.799. The summed E-state index contributed by atoms with van der Waals surface area (Å²) in [5.74, 6) is -0.807. The van der Waals surface area contributed by atoms with E-state index in [1.54, 1.807) is 19.1 Å². The van der Waals surface area contributed by atoms with Gasteiger partial charge in [0.15, 0.2) is 0 Å². The molecule has 0 heterocycles. The van der Waals surface area contributed by atoms with Gasteiger partial charge in [0.05, 0.1) is 0 Å². The summed E-state index contributed by atoms with van der Waals surface area (Å²) in [5.41, 5.74) is 6.40. The Hall–Kier alpha value is -1.42. The molecule has 1 aromatic carbocycles. The number of hydrogen-bond donors (Lipinski definition) is 2. The van der Waals surface area contributed by atoms with Crippen LogP contribution in [0.25, 0.3) is 0 Å². The van der Waals surface area contributed by atoms with Gasteiger partial charge in [0.25, 0.3) is 0 Å². The third kappa shape index (κ3) is 3.03. The van der Waals surface area contributed by atoms with Crippen molar-refractivity contribution in [3.63, 3.8) is 0 Å². The van der Waals surface area contributed by atoms with Crippen molar-refractivity contribution in [2.75, 3.05) is 6.54 Å². The summed E-state index contributed by atoms with van der Waals surface area (Å²) in [6, 6.07) is 4.10. The lowest BCUT2D eigenvalue weighted by Gasteiger charge is -2.15. The average molecular weight is 224 g/mol. The highest BCUT2D eigenvalue weighted by atomic mass is 19.1. The summed E-state index contributed by atoms with van der Waals surface area (Å²) in [6.07, 6.45) is 0.887. The molecular formula is C12H17FN2O. The van der Waals surface area contributed by atoms with Gasteiger partial charge < -0.3 is 11.1 Å². The molecule has 1 rings (SSSR count). The summed E-state index contributed by atoms with van der Waals surface area (Å²) in [7, 11) is 0. The fourth-order valence-corrected chi connectivity index (χ4v) is 1.46. The molecule has 3 nitrogen and oxygen atoms in total. The SMILES string of the molecule is CCCNC(C(N)=O)c1ccc(C)c(F)c1. The molecule has 0 saturated heterocycles. The number of rotatable bonds is 5. The molecule has 1 atom stereocenters. The van der Waals surface area contributed by atoms with Gasteiger partial charge in [0.1, 0.15) is 11.9 Å². The average Bonchev–Trinajstić information content (AvgIpc) is 2.23. The van der Waals surface area contributed by atoms with Crippen LogP contribution in [-0.4, -0.2) is 12.5 Å². The van der Waals surface area contributed by atoms with Gasteiger partial charge in [-0.25, -0.2) is 4.39 Å². The van der Waals surface area contributed by atoms with Crippen molar-refractivity contribution in [1.82, 2.24) is 5.32 Å². The lowest BCUT2D eigenvalue weighted by atomic mass is 10.0. The standard InChI is InChI=1S/C12H17FN2O/c1-3-6-15-11(12(14)16)9-5-4-8(2)10(13)7-9/h4-5,7,11,15H,3,6H2,1-2H3,(H2,14,16). The highest BCUT2D eigenvalue weighted by Crippen LogP contribution is 2.16. The Labute approximate surface area is 94.8 Å². The number of aryl methyl sites for hydroxylation is 1. The number of hydrogen-bond acceptors (Lipinski definition) is 2. The monoisotopic (exact) mass is 224 g/mol. The third-order valence-corrected chi connectivity index (χ3v) is 2.41. The van der Waals surface area contributed by atoms with E-state index in [9.17, 15) is 9.18 Å². The fourth-order valence-electron chi connectivity index (χ4n) is 1.46. The number of amides is 1. The molecule has 0 fully saturated rings. The van der Waals surface area contributed by atoms with Gasteiger partial charge in [-0.15, -0.1) is 0 Å². The van der Waals surface area contributed by atoms with Crippen LogP contribution >= 0.6 is 0 Å². The minimum absolute atomic E-state index is 0.318. The van der Waals surface area contributed by atoms with Crippen molar-refractivity contribution in [3.05, 3.63) is 35.1 Å². The van der Waals surface area contributed by atoms with E-state index in [0.29, 0.717) is 17.7 Å². The Balaban J connectivity index is 2.92. The molecule has 0 saturated carbocycles.